The Morgan fingerprint density at radius 2 is 2.02 bits per heavy atom. The van der Waals surface area contributed by atoms with E-state index in [9.17, 15) is 14.3 Å². The summed E-state index contributed by atoms with van der Waals surface area (Å²) in [5, 5.41) is 9.79. The van der Waals surface area contributed by atoms with E-state index >= 15 is 8.78 Å². The fourth-order valence-electron chi connectivity index (χ4n) is 5.33. The molecule has 0 amide bonds. The molecule has 41 heavy (non-hydrogen) atoms. The highest BCUT2D eigenvalue weighted by atomic mass is 32.2. The van der Waals surface area contributed by atoms with Crippen LogP contribution >= 0.6 is 11.8 Å². The minimum absolute atomic E-state index is 0.0420. The third-order valence-electron chi connectivity index (χ3n) is 7.48. The molecule has 0 bridgehead atoms. The largest absolute Gasteiger partial charge is 0.493 e. The van der Waals surface area contributed by atoms with E-state index in [1.165, 1.54) is 36.2 Å². The van der Waals surface area contributed by atoms with Gasteiger partial charge in [0.2, 0.25) is 5.82 Å². The van der Waals surface area contributed by atoms with Crippen LogP contribution in [0.2, 0.25) is 0 Å². The molecule has 1 unspecified atom stereocenters. The molecule has 0 saturated heterocycles. The zero-order valence-electron chi connectivity index (χ0n) is 22.0. The summed E-state index contributed by atoms with van der Waals surface area (Å²) < 4.78 is 56.5. The van der Waals surface area contributed by atoms with E-state index < -0.39 is 28.8 Å². The Kier molecular flexibility index (Phi) is 6.69. The Bertz CT molecular complexity index is 1820. The lowest BCUT2D eigenvalue weighted by molar-refractivity contribution is -0.136. The number of fused-ring (bicyclic) bond motifs is 2. The summed E-state index contributed by atoms with van der Waals surface area (Å²) in [6.45, 7) is 2.35. The lowest BCUT2D eigenvalue weighted by atomic mass is 9.74. The molecular weight excluding hydrogens is 555 g/mol. The van der Waals surface area contributed by atoms with Crippen LogP contribution in [-0.2, 0) is 16.6 Å². The van der Waals surface area contributed by atoms with Crippen molar-refractivity contribution < 1.29 is 32.5 Å². The molecule has 1 aliphatic heterocycles. The zero-order valence-corrected chi connectivity index (χ0v) is 22.8. The average molecular weight is 580 g/mol. The number of carboxylic acids is 1. The Balaban J connectivity index is 1.37. The number of thioether (sulfide) groups is 1. The predicted octanol–water partition coefficient (Wildman–Crippen LogP) is 7.21. The number of aromatic amines is 2. The van der Waals surface area contributed by atoms with Gasteiger partial charge in [-0.05, 0) is 43.9 Å². The Hall–Kier alpha value is -4.38. The summed E-state index contributed by atoms with van der Waals surface area (Å²) in [6, 6.07) is 10.9. The molecule has 3 aromatic carbocycles. The van der Waals surface area contributed by atoms with Gasteiger partial charge < -0.3 is 24.5 Å². The highest BCUT2D eigenvalue weighted by Crippen LogP contribution is 2.45. The number of nitrogens with zero attached hydrogens (tertiary/aromatic N) is 1. The van der Waals surface area contributed by atoms with E-state index in [4.69, 9.17) is 9.47 Å². The van der Waals surface area contributed by atoms with Crippen LogP contribution in [0.4, 0.5) is 13.2 Å². The first-order valence-electron chi connectivity index (χ1n) is 12.7. The number of hydrogen-bond donors (Lipinski definition) is 3. The molecule has 1 aliphatic rings. The number of para-hydroxylation sites is 1. The van der Waals surface area contributed by atoms with Gasteiger partial charge in [0.15, 0.2) is 11.6 Å². The first-order chi connectivity index (χ1) is 19.7. The van der Waals surface area contributed by atoms with Gasteiger partial charge in [0, 0.05) is 40.0 Å². The number of benzene rings is 3. The summed E-state index contributed by atoms with van der Waals surface area (Å²) in [7, 11) is 0. The van der Waals surface area contributed by atoms with Crippen LogP contribution in [0.25, 0.3) is 22.3 Å². The van der Waals surface area contributed by atoms with Crippen molar-refractivity contribution in [3.8, 4) is 28.6 Å². The number of aromatic nitrogens is 3. The normalized spacial score (nSPS) is 16.4. The van der Waals surface area contributed by atoms with E-state index in [1.807, 2.05) is 13.0 Å². The average Bonchev–Trinajstić information content (AvgIpc) is 3.64. The second-order valence-electron chi connectivity index (χ2n) is 9.94. The molecule has 6 rings (SSSR count). The van der Waals surface area contributed by atoms with E-state index in [-0.39, 0.29) is 34.8 Å². The Morgan fingerprint density at radius 3 is 2.80 bits per heavy atom. The lowest BCUT2D eigenvalue weighted by Crippen LogP contribution is -2.32. The van der Waals surface area contributed by atoms with Gasteiger partial charge in [-0.1, -0.05) is 18.2 Å². The minimum atomic E-state index is -1.15. The molecule has 0 aliphatic carbocycles. The van der Waals surface area contributed by atoms with Crippen LogP contribution < -0.4 is 9.47 Å². The van der Waals surface area contributed by atoms with Crippen molar-refractivity contribution >= 4 is 28.6 Å². The number of hydrogen-bond acceptors (Lipinski definition) is 5. The number of rotatable bonds is 7. The van der Waals surface area contributed by atoms with Crippen LogP contribution in [0.5, 0.6) is 17.2 Å². The zero-order chi connectivity index (χ0) is 28.9. The molecule has 0 fully saturated rings. The molecule has 3 heterocycles. The molecule has 7 nitrogen and oxygen atoms in total. The second-order valence-corrected chi connectivity index (χ2v) is 10.8. The predicted molar refractivity (Wildman–Crippen MR) is 148 cm³/mol. The highest BCUT2D eigenvalue weighted by Gasteiger charge is 2.38. The second kappa shape index (κ2) is 10.2. The molecule has 0 saturated carbocycles. The van der Waals surface area contributed by atoms with E-state index in [1.54, 1.807) is 30.7 Å². The maximum atomic E-state index is 15.1. The number of ether oxygens (including phenoxy) is 2. The van der Waals surface area contributed by atoms with Gasteiger partial charge in [-0.2, -0.15) is 4.39 Å². The summed E-state index contributed by atoms with van der Waals surface area (Å²) in [5.74, 6) is -3.20. The quantitative estimate of drug-likeness (QED) is 0.176. The maximum absolute atomic E-state index is 15.1. The minimum Gasteiger partial charge on any atom is -0.493 e. The van der Waals surface area contributed by atoms with Gasteiger partial charge in [0.05, 0.1) is 29.0 Å². The highest BCUT2D eigenvalue weighted by molar-refractivity contribution is 7.99. The number of nitrogens with one attached hydrogen (secondary N) is 2. The van der Waals surface area contributed by atoms with Crippen LogP contribution in [0, 0.1) is 17.5 Å². The van der Waals surface area contributed by atoms with Crippen molar-refractivity contribution in [2.24, 2.45) is 0 Å². The first-order valence-corrected chi connectivity index (χ1v) is 14.0. The molecule has 1 atom stereocenters. The number of aliphatic carboxylic acids is 1. The third kappa shape index (κ3) is 4.50. The van der Waals surface area contributed by atoms with Crippen molar-refractivity contribution in [2.75, 3.05) is 12.9 Å². The van der Waals surface area contributed by atoms with Gasteiger partial charge in [0.1, 0.15) is 23.1 Å². The van der Waals surface area contributed by atoms with Gasteiger partial charge in [0.25, 0.3) is 0 Å². The topological polar surface area (TPSA) is 100 Å². The van der Waals surface area contributed by atoms with Gasteiger partial charge in [-0.3, -0.25) is 4.79 Å². The fourth-order valence-corrected chi connectivity index (χ4v) is 6.04. The first kappa shape index (κ1) is 26.8. The molecular formula is C30H24F3N3O4S. The van der Waals surface area contributed by atoms with Gasteiger partial charge in [-0.25, -0.2) is 13.8 Å². The van der Waals surface area contributed by atoms with E-state index in [2.05, 4.69) is 15.0 Å². The van der Waals surface area contributed by atoms with Crippen molar-refractivity contribution in [3.05, 3.63) is 89.1 Å². The monoisotopic (exact) mass is 579 g/mol. The fraction of sp³-hybridized carbons (Fsp3) is 0.200. The molecule has 0 spiro atoms. The maximum Gasteiger partial charge on any atom is 0.307 e. The molecule has 0 radical (unpaired) electrons. The summed E-state index contributed by atoms with van der Waals surface area (Å²) in [5.41, 5.74) is 1.57. The standard InChI is InChI=1S/C30H24F3N3O4S/c1-30(9-11-39-26-15(12-22(37)38)4-3-5-19(26)30)21-14-35-29(36-21)18-13-16(6-7-20(18)31)40-27-24(33)23(32)25-17(8-10-34-25)28(27)41-2/h3-8,10,13-14,34H,9,11-12H2,1-2H3,(H,35,36)(H,37,38). The molecule has 3 N–H and O–H groups in total. The number of halogens is 3. The van der Waals surface area contributed by atoms with Crippen LogP contribution in [-0.4, -0.2) is 38.9 Å². The summed E-state index contributed by atoms with van der Waals surface area (Å²) in [4.78, 5) is 22.1. The van der Waals surface area contributed by atoms with Gasteiger partial charge in [-0.15, -0.1) is 11.8 Å². The smallest absolute Gasteiger partial charge is 0.307 e. The molecule has 2 aromatic heterocycles. The number of imidazole rings is 1. The SMILES string of the molecule is CSc1c(Oc2ccc(F)c(-c3ncc(C4(C)CCOc5c(CC(=O)O)cccc54)[nH]3)c2)c(F)c(F)c2[nH]ccc12. The van der Waals surface area contributed by atoms with E-state index in [0.717, 1.165) is 5.56 Å². The number of carboxylic acid groups (broad SMARTS) is 1. The third-order valence-corrected chi connectivity index (χ3v) is 8.29. The van der Waals surface area contributed by atoms with Crippen molar-refractivity contribution in [3.63, 3.8) is 0 Å². The van der Waals surface area contributed by atoms with E-state index in [0.29, 0.717) is 40.3 Å². The summed E-state index contributed by atoms with van der Waals surface area (Å²) >= 11 is 1.21. The van der Waals surface area contributed by atoms with Crippen LogP contribution in [0.1, 0.15) is 30.2 Å². The number of carbonyl (C=O) groups is 1. The molecule has 210 valence electrons. The van der Waals surface area contributed by atoms with Crippen LogP contribution in [0.15, 0.2) is 59.8 Å². The molecule has 11 heteroatoms. The van der Waals surface area contributed by atoms with Crippen molar-refractivity contribution in [1.29, 1.82) is 0 Å². The Labute approximate surface area is 236 Å². The molecule has 5 aromatic rings. The lowest BCUT2D eigenvalue weighted by Gasteiger charge is -2.36. The van der Waals surface area contributed by atoms with Gasteiger partial charge >= 0.3 is 5.97 Å². The van der Waals surface area contributed by atoms with Crippen molar-refractivity contribution in [2.45, 2.75) is 30.1 Å². The summed E-state index contributed by atoms with van der Waals surface area (Å²) in [6.07, 6.45) is 5.26. The van der Waals surface area contributed by atoms with Crippen LogP contribution in [0.3, 0.4) is 0 Å². The number of H-pyrrole nitrogens is 2. The Morgan fingerprint density at radius 1 is 1.20 bits per heavy atom. The van der Waals surface area contributed by atoms with Crippen molar-refractivity contribution in [1.82, 2.24) is 15.0 Å².